The van der Waals surface area contributed by atoms with Gasteiger partial charge in [-0.05, 0) is 42.3 Å². The Morgan fingerprint density at radius 2 is 1.70 bits per heavy atom. The highest BCUT2D eigenvalue weighted by Crippen LogP contribution is 2.24. The third kappa shape index (κ3) is 4.74. The van der Waals surface area contributed by atoms with Crippen molar-refractivity contribution in [2.75, 3.05) is 5.32 Å². The van der Waals surface area contributed by atoms with E-state index in [1.165, 1.54) is 0 Å². The molecule has 1 heterocycles. The van der Waals surface area contributed by atoms with Crippen LogP contribution in [0.1, 0.15) is 24.2 Å². The SMILES string of the molecule is CC(C)C1NNC(C(=O)Oc2ccc(NC(=O)c3ccccc3)cc2)C1Br. The highest BCUT2D eigenvalue weighted by atomic mass is 79.9. The first-order valence-electron chi connectivity index (χ1n) is 8.79. The van der Waals surface area contributed by atoms with Gasteiger partial charge in [0.2, 0.25) is 0 Å². The number of ether oxygens (including phenoxy) is 1. The van der Waals surface area contributed by atoms with E-state index >= 15 is 0 Å². The van der Waals surface area contributed by atoms with Crippen LogP contribution >= 0.6 is 15.9 Å². The Labute approximate surface area is 166 Å². The second-order valence-electron chi connectivity index (χ2n) is 6.75. The maximum atomic E-state index is 12.4. The Hall–Kier alpha value is -2.22. The summed E-state index contributed by atoms with van der Waals surface area (Å²) in [5.74, 6) is 0.233. The fourth-order valence-electron chi connectivity index (χ4n) is 2.85. The number of hydrogen-bond acceptors (Lipinski definition) is 5. The van der Waals surface area contributed by atoms with Gasteiger partial charge in [0.25, 0.3) is 5.91 Å². The molecule has 27 heavy (non-hydrogen) atoms. The van der Waals surface area contributed by atoms with Gasteiger partial charge in [0.1, 0.15) is 11.8 Å². The number of anilines is 1. The van der Waals surface area contributed by atoms with Crippen LogP contribution in [0.25, 0.3) is 0 Å². The number of rotatable bonds is 5. The first kappa shape index (κ1) is 19.5. The zero-order valence-electron chi connectivity index (χ0n) is 15.1. The average molecular weight is 432 g/mol. The molecule has 1 amide bonds. The van der Waals surface area contributed by atoms with Crippen molar-refractivity contribution >= 4 is 33.5 Å². The van der Waals surface area contributed by atoms with Crippen LogP contribution in [0.3, 0.4) is 0 Å². The molecule has 2 aromatic rings. The molecule has 3 rings (SSSR count). The summed E-state index contributed by atoms with van der Waals surface area (Å²) in [4.78, 5) is 24.5. The van der Waals surface area contributed by atoms with Crippen LogP contribution in [0, 0.1) is 5.92 Å². The summed E-state index contributed by atoms with van der Waals surface area (Å²) in [6.45, 7) is 4.17. The van der Waals surface area contributed by atoms with E-state index < -0.39 is 6.04 Å². The Balaban J connectivity index is 1.58. The third-order valence-electron chi connectivity index (χ3n) is 4.41. The minimum Gasteiger partial charge on any atom is -0.425 e. The van der Waals surface area contributed by atoms with Crippen molar-refractivity contribution in [1.29, 1.82) is 0 Å². The molecule has 1 aliphatic rings. The predicted molar refractivity (Wildman–Crippen MR) is 108 cm³/mol. The molecule has 1 aliphatic heterocycles. The van der Waals surface area contributed by atoms with Gasteiger partial charge in [-0.2, -0.15) is 0 Å². The minimum atomic E-state index is -0.477. The van der Waals surface area contributed by atoms with E-state index in [4.69, 9.17) is 4.74 Å². The zero-order valence-corrected chi connectivity index (χ0v) is 16.7. The lowest BCUT2D eigenvalue weighted by atomic mass is 9.99. The Morgan fingerprint density at radius 3 is 2.30 bits per heavy atom. The normalized spacial score (nSPS) is 21.9. The van der Waals surface area contributed by atoms with Crippen molar-refractivity contribution in [3.63, 3.8) is 0 Å². The third-order valence-corrected chi connectivity index (χ3v) is 5.50. The summed E-state index contributed by atoms with van der Waals surface area (Å²) in [5.41, 5.74) is 7.32. The van der Waals surface area contributed by atoms with E-state index in [0.717, 1.165) is 0 Å². The molecule has 2 aromatic carbocycles. The van der Waals surface area contributed by atoms with Gasteiger partial charge in [-0.15, -0.1) is 0 Å². The van der Waals surface area contributed by atoms with Crippen molar-refractivity contribution < 1.29 is 14.3 Å². The topological polar surface area (TPSA) is 79.5 Å². The van der Waals surface area contributed by atoms with Gasteiger partial charge in [-0.25, -0.2) is 10.2 Å². The number of halogens is 1. The standard InChI is InChI=1S/C20H22BrN3O3/c1-12(2)17-16(21)18(24-23-17)20(26)27-15-10-8-14(9-11-15)22-19(25)13-6-4-3-5-7-13/h3-12,16-18,23-24H,1-2H3,(H,22,25). The summed E-state index contributed by atoms with van der Waals surface area (Å²) >= 11 is 3.57. The van der Waals surface area contributed by atoms with Crippen LogP contribution < -0.4 is 20.9 Å². The van der Waals surface area contributed by atoms with Crippen molar-refractivity contribution in [3.8, 4) is 5.75 Å². The molecule has 0 aliphatic carbocycles. The Bertz CT molecular complexity index is 796. The summed E-state index contributed by atoms with van der Waals surface area (Å²) < 4.78 is 5.46. The van der Waals surface area contributed by atoms with Crippen LogP contribution in [0.4, 0.5) is 5.69 Å². The number of esters is 1. The fraction of sp³-hybridized carbons (Fsp3) is 0.300. The summed E-state index contributed by atoms with van der Waals surface area (Å²) in [5, 5.41) is 2.81. The molecule has 0 saturated carbocycles. The van der Waals surface area contributed by atoms with Crippen molar-refractivity contribution in [1.82, 2.24) is 10.9 Å². The molecule has 3 N–H and O–H groups in total. The average Bonchev–Trinajstić information content (AvgIpc) is 3.06. The highest BCUT2D eigenvalue weighted by Gasteiger charge is 2.40. The van der Waals surface area contributed by atoms with E-state index in [1.54, 1.807) is 36.4 Å². The van der Waals surface area contributed by atoms with Gasteiger partial charge >= 0.3 is 5.97 Å². The van der Waals surface area contributed by atoms with Gasteiger partial charge in [0.05, 0.1) is 4.83 Å². The molecule has 142 valence electrons. The van der Waals surface area contributed by atoms with E-state index in [1.807, 2.05) is 18.2 Å². The smallest absolute Gasteiger partial charge is 0.331 e. The van der Waals surface area contributed by atoms with Crippen molar-refractivity contribution in [2.24, 2.45) is 5.92 Å². The lowest BCUT2D eigenvalue weighted by molar-refractivity contribution is -0.136. The van der Waals surface area contributed by atoms with Crippen LogP contribution in [0.5, 0.6) is 5.75 Å². The number of hydrazine groups is 1. The maximum Gasteiger partial charge on any atom is 0.331 e. The van der Waals surface area contributed by atoms with E-state index in [9.17, 15) is 9.59 Å². The monoisotopic (exact) mass is 431 g/mol. The van der Waals surface area contributed by atoms with Crippen LogP contribution in [0.15, 0.2) is 54.6 Å². The van der Waals surface area contributed by atoms with E-state index in [2.05, 4.69) is 45.9 Å². The maximum absolute atomic E-state index is 12.4. The van der Waals surface area contributed by atoms with E-state index in [0.29, 0.717) is 22.9 Å². The van der Waals surface area contributed by atoms with Crippen LogP contribution in [-0.2, 0) is 4.79 Å². The molecule has 1 saturated heterocycles. The molecule has 3 atom stereocenters. The second kappa shape index (κ2) is 8.65. The van der Waals surface area contributed by atoms with Crippen LogP contribution in [0.2, 0.25) is 0 Å². The first-order chi connectivity index (χ1) is 13.0. The van der Waals surface area contributed by atoms with Crippen molar-refractivity contribution in [3.05, 3.63) is 60.2 Å². The fourth-order valence-corrected chi connectivity index (χ4v) is 3.95. The van der Waals surface area contributed by atoms with Gasteiger partial charge in [-0.3, -0.25) is 10.2 Å². The number of amides is 1. The molecule has 1 fully saturated rings. The van der Waals surface area contributed by atoms with Gasteiger partial charge in [0.15, 0.2) is 0 Å². The molecular formula is C20H22BrN3O3. The van der Waals surface area contributed by atoms with Gasteiger partial charge < -0.3 is 10.1 Å². The molecule has 3 unspecified atom stereocenters. The minimum absolute atomic E-state index is 0.0607. The van der Waals surface area contributed by atoms with E-state index in [-0.39, 0.29) is 22.7 Å². The number of nitrogens with one attached hydrogen (secondary N) is 3. The molecule has 0 spiro atoms. The summed E-state index contributed by atoms with van der Waals surface area (Å²) in [6.07, 6.45) is 0. The second-order valence-corrected chi connectivity index (χ2v) is 7.80. The summed E-state index contributed by atoms with van der Waals surface area (Å²) in [6, 6.07) is 15.3. The Kier molecular flexibility index (Phi) is 6.26. The Morgan fingerprint density at radius 1 is 1.04 bits per heavy atom. The predicted octanol–water partition coefficient (Wildman–Crippen LogP) is 3.11. The first-order valence-corrected chi connectivity index (χ1v) is 9.70. The molecule has 0 radical (unpaired) electrons. The highest BCUT2D eigenvalue weighted by molar-refractivity contribution is 9.09. The van der Waals surface area contributed by atoms with Crippen LogP contribution in [-0.4, -0.2) is 28.8 Å². The molecule has 0 bridgehead atoms. The number of carbonyl (C=O) groups excluding carboxylic acids is 2. The lowest BCUT2D eigenvalue weighted by Crippen LogP contribution is -2.41. The number of alkyl halides is 1. The lowest BCUT2D eigenvalue weighted by Gasteiger charge is -2.19. The largest absolute Gasteiger partial charge is 0.425 e. The number of benzene rings is 2. The molecule has 6 nitrogen and oxygen atoms in total. The molecular weight excluding hydrogens is 410 g/mol. The van der Waals surface area contributed by atoms with Gasteiger partial charge in [-0.1, -0.05) is 48.0 Å². The zero-order chi connectivity index (χ0) is 19.4. The molecule has 7 heteroatoms. The number of hydrogen-bond donors (Lipinski definition) is 3. The molecule has 0 aromatic heterocycles. The number of carbonyl (C=O) groups is 2. The van der Waals surface area contributed by atoms with Crippen molar-refractivity contribution in [2.45, 2.75) is 30.8 Å². The quantitative estimate of drug-likeness (QED) is 0.385. The summed E-state index contributed by atoms with van der Waals surface area (Å²) in [7, 11) is 0. The van der Waals surface area contributed by atoms with Gasteiger partial charge in [0, 0.05) is 17.3 Å².